The molecule has 2 saturated carbocycles. The molecule has 9 nitrogen and oxygen atoms in total. The molecule has 4 aromatic rings. The van der Waals surface area contributed by atoms with Gasteiger partial charge in [-0.1, -0.05) is 35.6 Å². The third-order valence-electron chi connectivity index (χ3n) is 10.6. The second-order valence-electron chi connectivity index (χ2n) is 13.3. The maximum absolute atomic E-state index is 14.0. The summed E-state index contributed by atoms with van der Waals surface area (Å²) in [5, 5.41) is 2.76. The Morgan fingerprint density at radius 2 is 1.64 bits per heavy atom. The Morgan fingerprint density at radius 3 is 2.36 bits per heavy atom. The number of H-pyrrole nitrogens is 1. The summed E-state index contributed by atoms with van der Waals surface area (Å²) in [6.45, 7) is -0.558. The van der Waals surface area contributed by atoms with E-state index in [1.54, 1.807) is 18.2 Å². The first kappa shape index (κ1) is 35.3. The second-order valence-corrected chi connectivity index (χ2v) is 15.5. The smallest absolute Gasteiger partial charge is 0.418 e. The number of rotatable bonds is 7. The summed E-state index contributed by atoms with van der Waals surface area (Å²) in [6, 6.07) is 13.7. The van der Waals surface area contributed by atoms with E-state index in [9.17, 15) is 45.5 Å². The van der Waals surface area contributed by atoms with E-state index >= 15 is 0 Å². The van der Waals surface area contributed by atoms with Gasteiger partial charge in [-0.25, -0.2) is 4.90 Å². The van der Waals surface area contributed by atoms with Gasteiger partial charge in [0, 0.05) is 21.7 Å². The average molecular weight is 776 g/mol. The fourth-order valence-electron chi connectivity index (χ4n) is 8.65. The number of nitrogens with zero attached hydrogens (tertiary/aromatic N) is 1. The van der Waals surface area contributed by atoms with Gasteiger partial charge in [-0.2, -0.15) is 26.3 Å². The quantitative estimate of drug-likeness (QED) is 0.151. The summed E-state index contributed by atoms with van der Waals surface area (Å²) in [5.41, 5.74) is -1.85. The van der Waals surface area contributed by atoms with Crippen LogP contribution < -0.4 is 24.6 Å². The fourth-order valence-corrected chi connectivity index (χ4v) is 11.5. The molecule has 8 rings (SSSR count). The lowest BCUT2D eigenvalue weighted by atomic mass is 9.68. The zero-order valence-corrected chi connectivity index (χ0v) is 28.9. The number of fused-ring (bicyclic) bond motifs is 9. The van der Waals surface area contributed by atoms with Gasteiger partial charge in [0.25, 0.3) is 5.91 Å². The van der Waals surface area contributed by atoms with Crippen LogP contribution in [0.2, 0.25) is 0 Å². The minimum atomic E-state index is -4.79. The second kappa shape index (κ2) is 12.7. The highest BCUT2D eigenvalue weighted by Crippen LogP contribution is 2.69. The number of carbonyl (C=O) groups excluding carboxylic acids is 3. The molecule has 2 aliphatic heterocycles. The number of thioether (sulfide) groups is 1. The molecule has 1 saturated heterocycles. The van der Waals surface area contributed by atoms with Gasteiger partial charge in [-0.15, -0.1) is 11.8 Å². The fraction of sp³-hybridized carbons (Fsp3) is 0.333. The van der Waals surface area contributed by atoms with Crippen molar-refractivity contribution in [3.63, 3.8) is 0 Å². The van der Waals surface area contributed by atoms with Crippen LogP contribution in [-0.2, 0) is 26.7 Å². The molecule has 53 heavy (non-hydrogen) atoms. The Morgan fingerprint density at radius 1 is 0.906 bits per heavy atom. The number of halogens is 6. The summed E-state index contributed by atoms with van der Waals surface area (Å²) in [4.78, 5) is 57.3. The Kier molecular flexibility index (Phi) is 8.44. The maximum atomic E-state index is 14.0. The molecular weight excluding hydrogens is 749 g/mol. The molecule has 2 N–H and O–H groups in total. The highest BCUT2D eigenvalue weighted by Gasteiger charge is 2.70. The number of carbonyl (C=O) groups is 3. The number of para-hydroxylation sites is 1. The molecule has 7 atom stereocenters. The molecule has 3 heterocycles. The summed E-state index contributed by atoms with van der Waals surface area (Å²) < 4.78 is 92.6. The molecule has 2 bridgehead atoms. The summed E-state index contributed by atoms with van der Waals surface area (Å²) in [6.07, 6.45) is -8.86. The van der Waals surface area contributed by atoms with Gasteiger partial charge < -0.3 is 19.8 Å². The van der Waals surface area contributed by atoms with Crippen LogP contribution in [0.25, 0.3) is 0 Å². The highest BCUT2D eigenvalue weighted by atomic mass is 32.2. The van der Waals surface area contributed by atoms with E-state index in [0.29, 0.717) is 21.9 Å². The zero-order chi connectivity index (χ0) is 37.6. The predicted molar refractivity (Wildman–Crippen MR) is 181 cm³/mol. The number of nitrogens with one attached hydrogen (secondary N) is 2. The van der Waals surface area contributed by atoms with Gasteiger partial charge in [0.15, 0.2) is 18.1 Å². The number of alkyl halides is 6. The summed E-state index contributed by atoms with van der Waals surface area (Å²) in [7, 11) is 1.38. The third-order valence-corrected chi connectivity index (χ3v) is 13.1. The Hall–Kier alpha value is -4.77. The molecule has 4 aliphatic rings. The van der Waals surface area contributed by atoms with Crippen molar-refractivity contribution >= 4 is 52.2 Å². The normalized spacial score (nSPS) is 25.9. The van der Waals surface area contributed by atoms with E-state index in [0.717, 1.165) is 40.5 Å². The number of ether oxygens (including phenoxy) is 2. The minimum absolute atomic E-state index is 0.0648. The topological polar surface area (TPSA) is 118 Å². The lowest BCUT2D eigenvalue weighted by Gasteiger charge is -2.43. The lowest BCUT2D eigenvalue weighted by Crippen LogP contribution is -2.42. The first-order chi connectivity index (χ1) is 25.2. The number of methoxy groups -OCH3 is 1. The van der Waals surface area contributed by atoms with Crippen molar-refractivity contribution in [3.8, 4) is 11.5 Å². The molecular formula is C36H27F6N3O6S2. The van der Waals surface area contributed by atoms with Crippen molar-refractivity contribution in [1.29, 1.82) is 0 Å². The molecule has 17 heteroatoms. The minimum Gasteiger partial charge on any atom is -0.493 e. The van der Waals surface area contributed by atoms with Crippen LogP contribution in [0.5, 0.6) is 11.5 Å². The number of aromatic amines is 1. The molecule has 0 radical (unpaired) electrons. The van der Waals surface area contributed by atoms with Crippen LogP contribution in [0.4, 0.5) is 37.7 Å². The predicted octanol–water partition coefficient (Wildman–Crippen LogP) is 7.18. The number of hydrogen-bond acceptors (Lipinski definition) is 8. The standard InChI is InChI=1S/C36H27F6N3O6S2/c1-50-23-11-15(9-10-22(23)51-14-24(46)43-17-6-4-5-16(12-17)35(37,38)39)25-26-18-13-19(29(26)52-31-30(25)53-34(49)44-31)28-27(18)32(47)45(33(28)48)21-8-3-2-7-20(21)36(40,41)42/h2-12,18-19,25-29H,13-14H2,1H3,(H,43,46)(H,44,49)/t18?,19?,25-,26?,27?,28?,29?/m1/s1. The van der Waals surface area contributed by atoms with Crippen LogP contribution >= 0.6 is 23.1 Å². The Labute approximate surface area is 304 Å². The van der Waals surface area contributed by atoms with Crippen molar-refractivity contribution in [1.82, 2.24) is 4.98 Å². The molecule has 6 unspecified atom stereocenters. The first-order valence-electron chi connectivity index (χ1n) is 16.4. The molecule has 0 spiro atoms. The van der Waals surface area contributed by atoms with Crippen LogP contribution in [0, 0.1) is 29.6 Å². The van der Waals surface area contributed by atoms with Crippen LogP contribution in [0.3, 0.4) is 0 Å². The van der Waals surface area contributed by atoms with Gasteiger partial charge in [-0.3, -0.25) is 19.2 Å². The van der Waals surface area contributed by atoms with E-state index < -0.39 is 71.2 Å². The molecule has 1 aromatic heterocycles. The van der Waals surface area contributed by atoms with Gasteiger partial charge in [-0.05, 0) is 72.2 Å². The molecule has 2 aliphatic carbocycles. The van der Waals surface area contributed by atoms with Crippen molar-refractivity contribution in [2.24, 2.45) is 29.6 Å². The third kappa shape index (κ3) is 5.88. The van der Waals surface area contributed by atoms with E-state index in [-0.39, 0.29) is 45.1 Å². The van der Waals surface area contributed by atoms with E-state index in [4.69, 9.17) is 9.47 Å². The lowest BCUT2D eigenvalue weighted by molar-refractivity contribution is -0.138. The average Bonchev–Trinajstić information content (AvgIpc) is 3.85. The molecule has 276 valence electrons. The van der Waals surface area contributed by atoms with Gasteiger partial charge in [0.2, 0.25) is 11.8 Å². The number of thiazole rings is 1. The van der Waals surface area contributed by atoms with E-state index in [2.05, 4.69) is 10.3 Å². The number of anilines is 2. The monoisotopic (exact) mass is 775 g/mol. The SMILES string of the molecule is COc1cc([C@H]2c3sc(=O)[nH]c3SC3C4CC(C5C(=O)N(c6ccccc6C(F)(F)F)C(=O)C45)C32)ccc1OCC(=O)Nc1cccc(C(F)(F)F)c1. The number of aromatic nitrogens is 1. The van der Waals surface area contributed by atoms with Crippen molar-refractivity contribution in [3.05, 3.63) is 98.0 Å². The molecule has 3 fully saturated rings. The zero-order valence-electron chi connectivity index (χ0n) is 27.3. The van der Waals surface area contributed by atoms with Crippen molar-refractivity contribution in [2.75, 3.05) is 23.9 Å². The van der Waals surface area contributed by atoms with Crippen LogP contribution in [0.15, 0.2) is 76.6 Å². The van der Waals surface area contributed by atoms with Crippen LogP contribution in [0.1, 0.15) is 33.9 Å². The number of amides is 3. The van der Waals surface area contributed by atoms with Crippen LogP contribution in [-0.4, -0.2) is 41.7 Å². The number of benzene rings is 3. The highest BCUT2D eigenvalue weighted by molar-refractivity contribution is 8.00. The van der Waals surface area contributed by atoms with Crippen molar-refractivity contribution < 1.29 is 50.2 Å². The first-order valence-corrected chi connectivity index (χ1v) is 18.1. The molecule has 3 aromatic carbocycles. The van der Waals surface area contributed by atoms with E-state index in [1.807, 2.05) is 0 Å². The van der Waals surface area contributed by atoms with Gasteiger partial charge in [0.05, 0.1) is 40.8 Å². The molecule has 3 amide bonds. The number of imide groups is 1. The largest absolute Gasteiger partial charge is 0.493 e. The van der Waals surface area contributed by atoms with Gasteiger partial charge in [0.1, 0.15) is 0 Å². The summed E-state index contributed by atoms with van der Waals surface area (Å²) >= 11 is 2.44. The Bertz CT molecular complexity index is 2220. The van der Waals surface area contributed by atoms with Gasteiger partial charge >= 0.3 is 17.2 Å². The van der Waals surface area contributed by atoms with E-state index in [1.165, 1.54) is 43.1 Å². The van der Waals surface area contributed by atoms with Crippen molar-refractivity contribution in [2.45, 2.75) is 35.0 Å². The Balaban J connectivity index is 1.08. The summed E-state index contributed by atoms with van der Waals surface area (Å²) in [5.74, 6) is -4.73. The number of hydrogen-bond donors (Lipinski definition) is 2. The maximum Gasteiger partial charge on any atom is 0.418 e.